The average Bonchev–Trinajstić information content (AvgIpc) is 3.25. The summed E-state index contributed by atoms with van der Waals surface area (Å²) in [5, 5.41) is 7.00. The Morgan fingerprint density at radius 2 is 2.04 bits per heavy atom. The summed E-state index contributed by atoms with van der Waals surface area (Å²) in [5.41, 5.74) is 0.0340. The lowest BCUT2D eigenvalue weighted by Crippen LogP contribution is -2.52. The Labute approximate surface area is 167 Å². The van der Waals surface area contributed by atoms with Crippen molar-refractivity contribution in [2.24, 2.45) is 0 Å². The zero-order valence-electron chi connectivity index (χ0n) is 15.3. The van der Waals surface area contributed by atoms with Crippen LogP contribution in [0.5, 0.6) is 0 Å². The first-order valence-corrected chi connectivity index (χ1v) is 9.59. The molecule has 0 aliphatic carbocycles. The molecule has 1 unspecified atom stereocenters. The van der Waals surface area contributed by atoms with Gasteiger partial charge in [0.15, 0.2) is 5.82 Å². The van der Waals surface area contributed by atoms with Gasteiger partial charge in [-0.1, -0.05) is 29.8 Å². The number of hydrogen-bond acceptors (Lipinski definition) is 4. The number of carbonyl (C=O) groups is 1. The Bertz CT molecular complexity index is 890. The summed E-state index contributed by atoms with van der Waals surface area (Å²) in [7, 11) is 0. The summed E-state index contributed by atoms with van der Waals surface area (Å²) in [5.74, 6) is -0.0130. The van der Waals surface area contributed by atoms with Gasteiger partial charge in [-0.2, -0.15) is 5.10 Å². The van der Waals surface area contributed by atoms with Crippen molar-refractivity contribution in [1.82, 2.24) is 20.0 Å². The van der Waals surface area contributed by atoms with E-state index in [1.165, 1.54) is 12.1 Å². The molecule has 28 heavy (non-hydrogen) atoms. The van der Waals surface area contributed by atoms with Crippen molar-refractivity contribution in [3.63, 3.8) is 0 Å². The largest absolute Gasteiger partial charge is 0.336 e. The van der Waals surface area contributed by atoms with Crippen LogP contribution >= 0.6 is 11.6 Å². The topological polar surface area (TPSA) is 55.5 Å². The Morgan fingerprint density at radius 3 is 2.79 bits per heavy atom. The average molecular weight is 402 g/mol. The number of aromatic amines is 1. The number of amides is 1. The normalized spacial score (nSPS) is 20.0. The van der Waals surface area contributed by atoms with Gasteiger partial charge < -0.3 is 9.80 Å². The lowest BCUT2D eigenvalue weighted by Gasteiger charge is -2.38. The summed E-state index contributed by atoms with van der Waals surface area (Å²) in [6.45, 7) is 3.41. The van der Waals surface area contributed by atoms with Crippen LogP contribution in [0.4, 0.5) is 10.2 Å². The monoisotopic (exact) mass is 401 g/mol. The molecule has 6 nitrogen and oxygen atoms in total. The van der Waals surface area contributed by atoms with Crippen LogP contribution in [0.2, 0.25) is 5.02 Å². The Kier molecular flexibility index (Phi) is 5.45. The number of carbonyl (C=O) groups excluding carboxylic acids is 1. The van der Waals surface area contributed by atoms with Crippen LogP contribution in [0.1, 0.15) is 10.4 Å². The predicted molar refractivity (Wildman–Crippen MR) is 107 cm³/mol. The number of anilines is 1. The molecule has 0 spiro atoms. The first-order chi connectivity index (χ1) is 13.6. The molecule has 1 fully saturated rings. The van der Waals surface area contributed by atoms with Gasteiger partial charge >= 0.3 is 0 Å². The second-order valence-electron chi connectivity index (χ2n) is 6.84. The van der Waals surface area contributed by atoms with Gasteiger partial charge in [-0.15, -0.1) is 0 Å². The van der Waals surface area contributed by atoms with E-state index in [-0.39, 0.29) is 22.5 Å². The fourth-order valence-electron chi connectivity index (χ4n) is 3.58. The lowest BCUT2D eigenvalue weighted by atomic mass is 10.1. The highest BCUT2D eigenvalue weighted by Gasteiger charge is 2.27. The highest BCUT2D eigenvalue weighted by molar-refractivity contribution is 6.31. The SMILES string of the molecule is O=C(c1cccc(Cl)c1F)N1CCN(CC2C=CC=CN2c2ccn[nH]2)CC1. The van der Waals surface area contributed by atoms with E-state index in [0.717, 1.165) is 25.5 Å². The van der Waals surface area contributed by atoms with Crippen LogP contribution in [0.3, 0.4) is 0 Å². The minimum atomic E-state index is -0.647. The Hall–Kier alpha value is -2.64. The Morgan fingerprint density at radius 1 is 1.21 bits per heavy atom. The van der Waals surface area contributed by atoms with Gasteiger partial charge in [-0.05, 0) is 18.2 Å². The quantitative estimate of drug-likeness (QED) is 0.855. The summed E-state index contributed by atoms with van der Waals surface area (Å²) in [6, 6.07) is 6.65. The van der Waals surface area contributed by atoms with Crippen molar-refractivity contribution < 1.29 is 9.18 Å². The van der Waals surface area contributed by atoms with Crippen molar-refractivity contribution >= 4 is 23.3 Å². The number of allylic oxidation sites excluding steroid dienone is 2. The van der Waals surface area contributed by atoms with Crippen LogP contribution in [0.15, 0.2) is 54.9 Å². The molecule has 1 N–H and O–H groups in total. The van der Waals surface area contributed by atoms with Crippen molar-refractivity contribution in [2.75, 3.05) is 37.6 Å². The van der Waals surface area contributed by atoms with Crippen LogP contribution in [-0.4, -0.2) is 64.7 Å². The molecule has 3 heterocycles. The zero-order chi connectivity index (χ0) is 19.5. The molecule has 1 aromatic heterocycles. The van der Waals surface area contributed by atoms with Gasteiger partial charge in [0.05, 0.1) is 22.8 Å². The third kappa shape index (κ3) is 3.81. The third-order valence-electron chi connectivity index (χ3n) is 5.10. The molecule has 2 aliphatic rings. The van der Waals surface area contributed by atoms with Crippen molar-refractivity contribution in [2.45, 2.75) is 6.04 Å². The standard InChI is InChI=1S/C20H21ClFN5O/c21-17-6-3-5-16(19(17)22)20(28)26-12-10-25(11-13-26)14-15-4-1-2-9-27(15)18-7-8-23-24-18/h1-9,15H,10-14H2,(H,23,24). The van der Waals surface area contributed by atoms with Gasteiger partial charge in [0.2, 0.25) is 0 Å². The van der Waals surface area contributed by atoms with Gasteiger partial charge in [0.1, 0.15) is 5.82 Å². The first-order valence-electron chi connectivity index (χ1n) is 9.22. The smallest absolute Gasteiger partial charge is 0.256 e. The number of H-pyrrole nitrogens is 1. The highest BCUT2D eigenvalue weighted by atomic mass is 35.5. The molecule has 146 valence electrons. The number of nitrogens with zero attached hydrogens (tertiary/aromatic N) is 4. The number of aromatic nitrogens is 2. The van der Waals surface area contributed by atoms with Crippen molar-refractivity contribution in [1.29, 1.82) is 0 Å². The number of rotatable bonds is 4. The molecule has 0 saturated carbocycles. The lowest BCUT2D eigenvalue weighted by molar-refractivity contribution is 0.0630. The fourth-order valence-corrected chi connectivity index (χ4v) is 3.75. The van der Waals surface area contributed by atoms with E-state index in [1.54, 1.807) is 17.2 Å². The van der Waals surface area contributed by atoms with Crippen LogP contribution in [-0.2, 0) is 0 Å². The van der Waals surface area contributed by atoms with E-state index in [0.29, 0.717) is 13.1 Å². The molecule has 0 bridgehead atoms. The molecule has 1 amide bonds. The fraction of sp³-hybridized carbons (Fsp3) is 0.300. The number of piperazine rings is 1. The predicted octanol–water partition coefficient (Wildman–Crippen LogP) is 2.92. The maximum absolute atomic E-state index is 14.2. The number of benzene rings is 1. The molecule has 1 atom stereocenters. The Balaban J connectivity index is 1.36. The minimum Gasteiger partial charge on any atom is -0.336 e. The molecule has 1 saturated heterocycles. The summed E-state index contributed by atoms with van der Waals surface area (Å²) in [4.78, 5) is 18.8. The molecule has 8 heteroatoms. The minimum absolute atomic E-state index is 0.0273. The number of hydrogen-bond donors (Lipinski definition) is 1. The molecule has 2 aromatic rings. The van der Waals surface area contributed by atoms with Crippen LogP contribution in [0.25, 0.3) is 0 Å². The van der Waals surface area contributed by atoms with Gasteiger partial charge in [-0.3, -0.25) is 14.8 Å². The molecule has 2 aliphatic heterocycles. The van der Waals surface area contributed by atoms with E-state index in [4.69, 9.17) is 11.6 Å². The maximum atomic E-state index is 14.2. The summed E-state index contributed by atoms with van der Waals surface area (Å²) >= 11 is 5.81. The molecule has 0 radical (unpaired) electrons. The van der Waals surface area contributed by atoms with E-state index < -0.39 is 5.82 Å². The number of halogens is 2. The van der Waals surface area contributed by atoms with E-state index in [2.05, 4.69) is 26.1 Å². The summed E-state index contributed by atoms with van der Waals surface area (Å²) in [6.07, 6.45) is 9.95. The zero-order valence-corrected chi connectivity index (χ0v) is 16.0. The second kappa shape index (κ2) is 8.16. The van der Waals surface area contributed by atoms with Crippen molar-refractivity contribution in [3.05, 3.63) is 71.3 Å². The third-order valence-corrected chi connectivity index (χ3v) is 5.39. The van der Waals surface area contributed by atoms with Gasteiger partial charge in [0.25, 0.3) is 5.91 Å². The van der Waals surface area contributed by atoms with E-state index in [1.807, 2.05) is 24.4 Å². The van der Waals surface area contributed by atoms with E-state index in [9.17, 15) is 9.18 Å². The van der Waals surface area contributed by atoms with Crippen molar-refractivity contribution in [3.8, 4) is 0 Å². The highest BCUT2D eigenvalue weighted by Crippen LogP contribution is 2.21. The number of nitrogens with one attached hydrogen (secondary N) is 1. The van der Waals surface area contributed by atoms with Crippen LogP contribution < -0.4 is 4.90 Å². The summed E-state index contributed by atoms with van der Waals surface area (Å²) < 4.78 is 14.2. The molecule has 4 rings (SSSR count). The first kappa shape index (κ1) is 18.7. The maximum Gasteiger partial charge on any atom is 0.256 e. The van der Waals surface area contributed by atoms with Gasteiger partial charge in [0, 0.05) is 45.0 Å². The molecular formula is C20H21ClFN5O. The van der Waals surface area contributed by atoms with Crippen LogP contribution in [0, 0.1) is 5.82 Å². The molecule has 1 aromatic carbocycles. The molecular weight excluding hydrogens is 381 g/mol. The van der Waals surface area contributed by atoms with Gasteiger partial charge in [-0.25, -0.2) is 4.39 Å². The van der Waals surface area contributed by atoms with E-state index >= 15 is 0 Å². The second-order valence-corrected chi connectivity index (χ2v) is 7.24.